The van der Waals surface area contributed by atoms with Crippen molar-refractivity contribution in [2.45, 2.75) is 31.5 Å². The van der Waals surface area contributed by atoms with E-state index in [1.54, 1.807) is 0 Å². The molecule has 0 aromatic heterocycles. The van der Waals surface area contributed by atoms with Gasteiger partial charge < -0.3 is 20.1 Å². The predicted octanol–water partition coefficient (Wildman–Crippen LogP) is 1.37. The minimum absolute atomic E-state index is 0.231. The first-order valence-corrected chi connectivity index (χ1v) is 8.80. The Kier molecular flexibility index (Phi) is 6.46. The first-order valence-electron chi connectivity index (χ1n) is 8.80. The van der Waals surface area contributed by atoms with E-state index in [4.69, 9.17) is 9.47 Å². The summed E-state index contributed by atoms with van der Waals surface area (Å²) in [4.78, 5) is 14.2. The van der Waals surface area contributed by atoms with Crippen LogP contribution >= 0.6 is 0 Å². The van der Waals surface area contributed by atoms with E-state index >= 15 is 0 Å². The van der Waals surface area contributed by atoms with Crippen LogP contribution in [0.4, 0.5) is 4.79 Å². The van der Waals surface area contributed by atoms with Gasteiger partial charge in [-0.05, 0) is 18.4 Å². The molecule has 1 aromatic rings. The van der Waals surface area contributed by atoms with Crippen LogP contribution in [-0.2, 0) is 16.1 Å². The zero-order chi connectivity index (χ0) is 16.6. The number of benzene rings is 1. The van der Waals surface area contributed by atoms with Crippen molar-refractivity contribution < 1.29 is 14.3 Å². The summed E-state index contributed by atoms with van der Waals surface area (Å²) in [6.45, 7) is 6.14. The quantitative estimate of drug-likeness (QED) is 0.789. The predicted molar refractivity (Wildman–Crippen MR) is 91.8 cm³/mol. The average molecular weight is 333 g/mol. The maximum Gasteiger partial charge on any atom is 0.407 e. The lowest BCUT2D eigenvalue weighted by atomic mass is 9.87. The van der Waals surface area contributed by atoms with Gasteiger partial charge in [0.05, 0.1) is 13.2 Å². The van der Waals surface area contributed by atoms with Crippen LogP contribution in [0.5, 0.6) is 0 Å². The molecule has 2 N–H and O–H groups in total. The summed E-state index contributed by atoms with van der Waals surface area (Å²) in [5.74, 6) is 0. The Bertz CT molecular complexity index is 499. The van der Waals surface area contributed by atoms with Gasteiger partial charge in [0.1, 0.15) is 6.61 Å². The highest BCUT2D eigenvalue weighted by Crippen LogP contribution is 2.20. The molecule has 1 heterocycles. The van der Waals surface area contributed by atoms with Crippen molar-refractivity contribution in [1.29, 1.82) is 0 Å². The van der Waals surface area contributed by atoms with E-state index in [1.807, 2.05) is 30.3 Å². The van der Waals surface area contributed by atoms with Crippen LogP contribution in [0.2, 0.25) is 0 Å². The van der Waals surface area contributed by atoms with Crippen LogP contribution in [0.1, 0.15) is 18.4 Å². The van der Waals surface area contributed by atoms with Gasteiger partial charge >= 0.3 is 6.09 Å². The number of morpholine rings is 1. The van der Waals surface area contributed by atoms with E-state index < -0.39 is 0 Å². The number of nitrogens with zero attached hydrogens (tertiary/aromatic N) is 1. The van der Waals surface area contributed by atoms with Crippen molar-refractivity contribution in [1.82, 2.24) is 15.5 Å². The number of carbonyl (C=O) groups is 1. The second kappa shape index (κ2) is 9.01. The first kappa shape index (κ1) is 17.2. The fourth-order valence-electron chi connectivity index (χ4n) is 3.09. The van der Waals surface area contributed by atoms with Crippen LogP contribution in [0, 0.1) is 0 Å². The summed E-state index contributed by atoms with van der Waals surface area (Å²) in [7, 11) is 0. The minimum atomic E-state index is -0.324. The second-order valence-electron chi connectivity index (χ2n) is 6.48. The molecular weight excluding hydrogens is 306 g/mol. The van der Waals surface area contributed by atoms with Gasteiger partial charge in [-0.1, -0.05) is 30.3 Å². The van der Waals surface area contributed by atoms with E-state index in [2.05, 4.69) is 15.5 Å². The molecule has 1 amide bonds. The first-order chi connectivity index (χ1) is 11.8. The van der Waals surface area contributed by atoms with E-state index in [-0.39, 0.29) is 12.1 Å². The monoisotopic (exact) mass is 333 g/mol. The van der Waals surface area contributed by atoms with E-state index in [1.165, 1.54) is 0 Å². The summed E-state index contributed by atoms with van der Waals surface area (Å²) in [5.41, 5.74) is 1.00. The largest absolute Gasteiger partial charge is 0.445 e. The Morgan fingerprint density at radius 1 is 1.17 bits per heavy atom. The Hall–Kier alpha value is -1.63. The molecule has 1 saturated carbocycles. The topological polar surface area (TPSA) is 62.8 Å². The fraction of sp³-hybridized carbons (Fsp3) is 0.611. The lowest BCUT2D eigenvalue weighted by Crippen LogP contribution is -2.53. The zero-order valence-corrected chi connectivity index (χ0v) is 14.1. The molecule has 6 nitrogen and oxygen atoms in total. The molecule has 2 aliphatic rings. The molecule has 1 saturated heterocycles. The molecular formula is C18H27N3O3. The third-order valence-corrected chi connectivity index (χ3v) is 4.64. The van der Waals surface area contributed by atoms with Gasteiger partial charge in [0, 0.05) is 38.3 Å². The van der Waals surface area contributed by atoms with Gasteiger partial charge in [-0.15, -0.1) is 0 Å². The van der Waals surface area contributed by atoms with E-state index in [9.17, 15) is 4.79 Å². The van der Waals surface area contributed by atoms with Gasteiger partial charge in [-0.2, -0.15) is 0 Å². The van der Waals surface area contributed by atoms with Gasteiger partial charge in [0.15, 0.2) is 0 Å². The average Bonchev–Trinajstić information content (AvgIpc) is 2.59. The molecule has 1 aliphatic carbocycles. The number of carbonyl (C=O) groups excluding carboxylic acids is 1. The standard InChI is InChI=1S/C18H27N3O3/c22-18(24-14-15-4-2-1-3-5-15)20-17-12-16(13-17)19-6-7-21-8-10-23-11-9-21/h1-5,16-17,19H,6-14H2,(H,20,22). The van der Waals surface area contributed by atoms with Crippen LogP contribution < -0.4 is 10.6 Å². The van der Waals surface area contributed by atoms with Crippen LogP contribution in [0.25, 0.3) is 0 Å². The molecule has 2 fully saturated rings. The summed E-state index contributed by atoms with van der Waals surface area (Å²) in [6.07, 6.45) is 1.63. The molecule has 0 spiro atoms. The number of ether oxygens (including phenoxy) is 2. The van der Waals surface area contributed by atoms with E-state index in [0.717, 1.165) is 57.8 Å². The summed E-state index contributed by atoms with van der Waals surface area (Å²) >= 11 is 0. The summed E-state index contributed by atoms with van der Waals surface area (Å²) in [6, 6.07) is 10.5. The minimum Gasteiger partial charge on any atom is -0.445 e. The molecule has 3 rings (SSSR count). The normalized spacial score (nSPS) is 24.2. The molecule has 24 heavy (non-hydrogen) atoms. The molecule has 0 bridgehead atoms. The summed E-state index contributed by atoms with van der Waals surface area (Å²) < 4.78 is 10.6. The summed E-state index contributed by atoms with van der Waals surface area (Å²) in [5, 5.41) is 6.48. The highest BCUT2D eigenvalue weighted by Gasteiger charge is 2.30. The van der Waals surface area contributed by atoms with Crippen LogP contribution in [0.3, 0.4) is 0 Å². The maximum absolute atomic E-state index is 11.8. The Morgan fingerprint density at radius 2 is 1.92 bits per heavy atom. The Labute approximate surface area is 143 Å². The third-order valence-electron chi connectivity index (χ3n) is 4.64. The molecule has 0 unspecified atom stereocenters. The van der Waals surface area contributed by atoms with Crippen molar-refractivity contribution in [3.8, 4) is 0 Å². The second-order valence-corrected chi connectivity index (χ2v) is 6.48. The van der Waals surface area contributed by atoms with Crippen molar-refractivity contribution in [3.63, 3.8) is 0 Å². The maximum atomic E-state index is 11.8. The molecule has 0 atom stereocenters. The molecule has 1 aromatic carbocycles. The SMILES string of the molecule is O=C(NC1CC(NCCN2CCOCC2)C1)OCc1ccccc1. The number of hydrogen-bond acceptors (Lipinski definition) is 5. The van der Waals surface area contributed by atoms with Crippen LogP contribution in [-0.4, -0.2) is 62.5 Å². The lowest BCUT2D eigenvalue weighted by Gasteiger charge is -2.37. The fourth-order valence-corrected chi connectivity index (χ4v) is 3.09. The van der Waals surface area contributed by atoms with Crippen molar-refractivity contribution in [2.75, 3.05) is 39.4 Å². The van der Waals surface area contributed by atoms with Gasteiger partial charge in [0.25, 0.3) is 0 Å². The number of hydrogen-bond donors (Lipinski definition) is 2. The van der Waals surface area contributed by atoms with Gasteiger partial charge in [-0.3, -0.25) is 4.90 Å². The molecule has 132 valence electrons. The van der Waals surface area contributed by atoms with E-state index in [0.29, 0.717) is 12.6 Å². The molecule has 0 radical (unpaired) electrons. The Balaban J connectivity index is 1.22. The van der Waals surface area contributed by atoms with Crippen molar-refractivity contribution in [2.24, 2.45) is 0 Å². The number of amides is 1. The number of nitrogens with one attached hydrogen (secondary N) is 2. The van der Waals surface area contributed by atoms with Crippen LogP contribution in [0.15, 0.2) is 30.3 Å². The number of alkyl carbamates (subject to hydrolysis) is 1. The zero-order valence-electron chi connectivity index (χ0n) is 14.1. The highest BCUT2D eigenvalue weighted by molar-refractivity contribution is 5.67. The lowest BCUT2D eigenvalue weighted by molar-refractivity contribution is 0.0375. The smallest absolute Gasteiger partial charge is 0.407 e. The third kappa shape index (κ3) is 5.47. The molecule has 6 heteroatoms. The van der Waals surface area contributed by atoms with Crippen molar-refractivity contribution >= 4 is 6.09 Å². The number of rotatable bonds is 7. The Morgan fingerprint density at radius 3 is 2.67 bits per heavy atom. The van der Waals surface area contributed by atoms with Crippen molar-refractivity contribution in [3.05, 3.63) is 35.9 Å². The molecule has 1 aliphatic heterocycles. The van der Waals surface area contributed by atoms with Gasteiger partial charge in [-0.25, -0.2) is 4.79 Å². The highest BCUT2D eigenvalue weighted by atomic mass is 16.5. The van der Waals surface area contributed by atoms with Gasteiger partial charge in [0.2, 0.25) is 0 Å².